The van der Waals surface area contributed by atoms with Crippen LogP contribution in [0.2, 0.25) is 0 Å². The Labute approximate surface area is 326 Å². The van der Waals surface area contributed by atoms with E-state index < -0.39 is 42.6 Å². The van der Waals surface area contributed by atoms with E-state index in [-0.39, 0.29) is 66.1 Å². The second-order valence-corrected chi connectivity index (χ2v) is 17.6. The van der Waals surface area contributed by atoms with E-state index in [1.807, 2.05) is 6.92 Å². The van der Waals surface area contributed by atoms with Gasteiger partial charge in [-0.1, -0.05) is 48.1 Å². The Kier molecular flexibility index (Phi) is 18.1. The van der Waals surface area contributed by atoms with Gasteiger partial charge in [-0.25, -0.2) is 24.0 Å². The van der Waals surface area contributed by atoms with Gasteiger partial charge in [0.15, 0.2) is 0 Å². The molecule has 0 aliphatic heterocycles. The van der Waals surface area contributed by atoms with Crippen molar-refractivity contribution in [1.29, 1.82) is 0 Å². The van der Waals surface area contributed by atoms with Crippen molar-refractivity contribution in [3.8, 4) is 0 Å². The predicted molar refractivity (Wildman–Crippen MR) is 203 cm³/mol. The lowest BCUT2D eigenvalue weighted by Crippen LogP contribution is -2.51. The second-order valence-electron chi connectivity index (χ2n) is 17.6. The van der Waals surface area contributed by atoms with E-state index in [4.69, 9.17) is 28.4 Å². The minimum atomic E-state index is -0.719. The summed E-state index contributed by atoms with van der Waals surface area (Å²) in [7, 11) is 0. The van der Waals surface area contributed by atoms with Gasteiger partial charge in [0.1, 0.15) is 25.4 Å². The largest absolute Gasteiger partial charge is 0.466 e. The molecule has 314 valence electrons. The van der Waals surface area contributed by atoms with Crippen LogP contribution in [0.4, 0.5) is 19.2 Å². The van der Waals surface area contributed by atoms with Crippen LogP contribution >= 0.6 is 0 Å². The van der Waals surface area contributed by atoms with Crippen LogP contribution in [-0.4, -0.2) is 100 Å². The molecule has 0 saturated heterocycles. The summed E-state index contributed by atoms with van der Waals surface area (Å²) < 4.78 is 31.3. The van der Waals surface area contributed by atoms with Gasteiger partial charge in [0.05, 0.1) is 13.2 Å². The van der Waals surface area contributed by atoms with E-state index in [9.17, 15) is 28.8 Å². The van der Waals surface area contributed by atoms with E-state index in [1.54, 1.807) is 13.8 Å². The van der Waals surface area contributed by atoms with Crippen LogP contribution in [0.25, 0.3) is 0 Å². The monoisotopic (exact) mass is 782 g/mol. The third-order valence-corrected chi connectivity index (χ3v) is 9.62. The number of amides is 4. The summed E-state index contributed by atoms with van der Waals surface area (Å²) in [5.74, 6) is -0.942. The lowest BCUT2D eigenvalue weighted by Gasteiger charge is -2.46. The maximum atomic E-state index is 12.9. The second kappa shape index (κ2) is 21.2. The van der Waals surface area contributed by atoms with Crippen LogP contribution < -0.4 is 21.3 Å². The Morgan fingerprint density at radius 2 is 1.09 bits per heavy atom. The summed E-state index contributed by atoms with van der Waals surface area (Å²) in [4.78, 5) is 72.6. The van der Waals surface area contributed by atoms with Crippen molar-refractivity contribution in [3.63, 3.8) is 0 Å². The number of nitrogens with one attached hydrogen (secondary N) is 4. The van der Waals surface area contributed by atoms with Gasteiger partial charge in [-0.3, -0.25) is 4.79 Å². The molecule has 0 aromatic rings. The zero-order valence-corrected chi connectivity index (χ0v) is 34.4. The molecule has 6 unspecified atom stereocenters. The quantitative estimate of drug-likeness (QED) is 0.0554. The molecular weight excluding hydrogens is 716 g/mol. The molecule has 2 rings (SSSR count). The van der Waals surface area contributed by atoms with Crippen LogP contribution in [0, 0.1) is 21.7 Å². The molecule has 0 radical (unpaired) electrons. The normalized spacial score (nSPS) is 25.0. The zero-order valence-electron chi connectivity index (χ0n) is 34.4. The topological polar surface area (TPSA) is 206 Å². The third kappa shape index (κ3) is 19.3. The Morgan fingerprint density at radius 1 is 0.636 bits per heavy atom. The number of alkyl carbamates (subject to hydrolysis) is 4. The van der Waals surface area contributed by atoms with Gasteiger partial charge in [-0.15, -0.1) is 0 Å². The average Bonchev–Trinajstić information content (AvgIpc) is 3.04. The maximum Gasteiger partial charge on any atom is 0.407 e. The van der Waals surface area contributed by atoms with E-state index in [1.165, 1.54) is 6.92 Å². The first-order valence-electron chi connectivity index (χ1n) is 19.2. The lowest BCUT2D eigenvalue weighted by molar-refractivity contribution is -0.141. The van der Waals surface area contributed by atoms with E-state index >= 15 is 0 Å². The number of carbonyl (C=O) groups is 6. The molecular formula is C39H66N4O12. The summed E-state index contributed by atoms with van der Waals surface area (Å²) in [5, 5.41) is 11.6. The van der Waals surface area contributed by atoms with E-state index in [2.05, 4.69) is 62.5 Å². The number of ether oxygens (including phenoxy) is 6. The average molecular weight is 783 g/mol. The number of hydrogen-bond acceptors (Lipinski definition) is 12. The van der Waals surface area contributed by atoms with Crippen LogP contribution in [0.3, 0.4) is 0 Å². The molecule has 4 N–H and O–H groups in total. The molecule has 0 heterocycles. The van der Waals surface area contributed by atoms with E-state index in [0.717, 1.165) is 25.3 Å². The van der Waals surface area contributed by atoms with Crippen molar-refractivity contribution >= 4 is 36.3 Å². The van der Waals surface area contributed by atoms with Gasteiger partial charge >= 0.3 is 36.3 Å². The van der Waals surface area contributed by atoms with Crippen molar-refractivity contribution in [3.05, 3.63) is 12.7 Å². The molecule has 55 heavy (non-hydrogen) atoms. The molecule has 2 saturated carbocycles. The first-order valence-corrected chi connectivity index (χ1v) is 19.2. The molecule has 16 heteroatoms. The van der Waals surface area contributed by atoms with Crippen molar-refractivity contribution in [2.75, 3.05) is 39.5 Å². The fourth-order valence-electron chi connectivity index (χ4n) is 8.28. The summed E-state index contributed by atoms with van der Waals surface area (Å²) in [5.41, 5.74) is -0.939. The van der Waals surface area contributed by atoms with Crippen LogP contribution in [-0.2, 0) is 38.0 Å². The van der Waals surface area contributed by atoms with Gasteiger partial charge in [0.2, 0.25) is 0 Å². The molecule has 16 nitrogen and oxygen atoms in total. The minimum Gasteiger partial charge on any atom is -0.466 e. The van der Waals surface area contributed by atoms with E-state index in [0.29, 0.717) is 45.2 Å². The molecule has 2 fully saturated rings. The lowest BCUT2D eigenvalue weighted by atomic mass is 9.62. The van der Waals surface area contributed by atoms with Gasteiger partial charge < -0.3 is 49.7 Å². The van der Waals surface area contributed by atoms with Gasteiger partial charge in [-0.2, -0.15) is 0 Å². The highest BCUT2D eigenvalue weighted by Crippen LogP contribution is 2.47. The Bertz CT molecular complexity index is 1340. The summed E-state index contributed by atoms with van der Waals surface area (Å²) >= 11 is 0. The van der Waals surface area contributed by atoms with Gasteiger partial charge in [0.25, 0.3) is 0 Å². The summed E-state index contributed by atoms with van der Waals surface area (Å²) in [6, 6.07) is -0.379. The number of hydrogen-bond donors (Lipinski definition) is 4. The fourth-order valence-corrected chi connectivity index (χ4v) is 8.28. The smallest absolute Gasteiger partial charge is 0.407 e. The molecule has 0 aromatic carbocycles. The Balaban J connectivity index is 1.77. The standard InChI is InChI=1S/C39H66N4O12/c1-11-31(45)52-20-26(2)54-33(47)41-25-39(10)19-30(17-37(7,8)23-39)43-35(49)55-27(3)21-53-32(46)40-24-38(9)18-29(16-36(5,6)22-38)42-34(48)51-15-13-12-14-50-28(4)44/h11,26-27,29-30H,1,12-25H2,2-10H3,(H,40,46)(H,41,47)(H,42,48)(H,43,49). The molecule has 6 atom stereocenters. The van der Waals surface area contributed by atoms with Crippen LogP contribution in [0.5, 0.6) is 0 Å². The third-order valence-electron chi connectivity index (χ3n) is 9.62. The summed E-state index contributed by atoms with van der Waals surface area (Å²) in [6.07, 6.45) is 2.71. The van der Waals surface area contributed by atoms with Crippen molar-refractivity contribution in [2.24, 2.45) is 21.7 Å². The van der Waals surface area contributed by atoms with Gasteiger partial charge in [-0.05, 0) is 86.9 Å². The first-order chi connectivity index (χ1) is 25.5. The number of unbranched alkanes of at least 4 members (excludes halogenated alkanes) is 1. The Morgan fingerprint density at radius 3 is 1.60 bits per heavy atom. The number of rotatable bonds is 18. The van der Waals surface area contributed by atoms with Crippen molar-refractivity contribution < 1.29 is 57.2 Å². The SMILES string of the molecule is C=CC(=O)OCC(C)OC(=O)NCC1(C)CC(NC(=O)OC(C)COC(=O)NCC2(C)CC(NC(=O)OCCCCOC(C)=O)CC(C)(C)C2)CC(C)(C)C1. The highest BCUT2D eigenvalue weighted by molar-refractivity contribution is 5.81. The van der Waals surface area contributed by atoms with Crippen molar-refractivity contribution in [2.45, 2.75) is 138 Å². The molecule has 0 spiro atoms. The molecule has 2 aliphatic carbocycles. The highest BCUT2D eigenvalue weighted by atomic mass is 16.6. The fraction of sp³-hybridized carbons (Fsp3) is 0.795. The molecule has 0 bridgehead atoms. The number of esters is 2. The maximum absolute atomic E-state index is 12.9. The molecule has 0 aromatic heterocycles. The Hall–Kier alpha value is -4.24. The van der Waals surface area contributed by atoms with Crippen molar-refractivity contribution in [1.82, 2.24) is 21.3 Å². The van der Waals surface area contributed by atoms with Crippen LogP contribution in [0.15, 0.2) is 12.7 Å². The number of carbonyl (C=O) groups excluding carboxylic acids is 6. The molecule has 2 aliphatic rings. The predicted octanol–water partition coefficient (Wildman–Crippen LogP) is 5.91. The summed E-state index contributed by atoms with van der Waals surface area (Å²) in [6.45, 7) is 21.4. The molecule has 4 amide bonds. The van der Waals surface area contributed by atoms with Gasteiger partial charge in [0, 0.05) is 38.2 Å². The minimum absolute atomic E-state index is 0.0906. The van der Waals surface area contributed by atoms with Crippen LogP contribution in [0.1, 0.15) is 114 Å². The first kappa shape index (κ1) is 46.9. The zero-order chi connectivity index (χ0) is 41.5. The highest BCUT2D eigenvalue weighted by Gasteiger charge is 2.43.